The van der Waals surface area contributed by atoms with Gasteiger partial charge in [-0.25, -0.2) is 9.97 Å². The molecule has 0 N–H and O–H groups in total. The van der Waals surface area contributed by atoms with Crippen LogP contribution in [0, 0.1) is 16.1 Å². The largest absolute Gasteiger partial charge is 0.287 e. The topological polar surface area (TPSA) is 68.9 Å². The molecule has 16 heavy (non-hydrogen) atoms. The number of nitrogens with zero attached hydrogens (tertiary/aromatic N) is 3. The zero-order valence-corrected chi connectivity index (χ0v) is 8.00. The van der Waals surface area contributed by atoms with Crippen molar-refractivity contribution in [2.45, 2.75) is 0 Å². The summed E-state index contributed by atoms with van der Waals surface area (Å²) in [7, 11) is 0. The lowest BCUT2D eigenvalue weighted by atomic mass is 10.2. The summed E-state index contributed by atoms with van der Waals surface area (Å²) in [5.41, 5.74) is 0.625. The van der Waals surface area contributed by atoms with E-state index in [2.05, 4.69) is 9.97 Å². The van der Waals surface area contributed by atoms with Crippen molar-refractivity contribution in [3.05, 3.63) is 52.6 Å². The van der Waals surface area contributed by atoms with E-state index in [0.29, 0.717) is 11.4 Å². The van der Waals surface area contributed by atoms with Crippen LogP contribution in [0.4, 0.5) is 10.1 Å². The molecule has 0 aromatic carbocycles. The van der Waals surface area contributed by atoms with Crippen LogP contribution in [0.5, 0.6) is 0 Å². The fraction of sp³-hybridized carbons (Fsp3) is 0. The number of nitro groups is 1. The molecule has 0 saturated heterocycles. The van der Waals surface area contributed by atoms with Crippen molar-refractivity contribution in [2.24, 2.45) is 0 Å². The highest BCUT2D eigenvalue weighted by Crippen LogP contribution is 2.17. The normalized spacial score (nSPS) is 10.1. The molecule has 0 aliphatic rings. The maximum Gasteiger partial charge on any atom is 0.287 e. The van der Waals surface area contributed by atoms with Gasteiger partial charge in [0.05, 0.1) is 16.3 Å². The fourth-order valence-electron chi connectivity index (χ4n) is 1.20. The Hall–Kier alpha value is -2.37. The molecule has 0 aliphatic heterocycles. The van der Waals surface area contributed by atoms with Gasteiger partial charge in [-0.3, -0.25) is 10.1 Å². The van der Waals surface area contributed by atoms with Gasteiger partial charge in [-0.15, -0.1) is 0 Å². The van der Waals surface area contributed by atoms with Crippen LogP contribution in [-0.4, -0.2) is 14.9 Å². The summed E-state index contributed by atoms with van der Waals surface area (Å²) in [6.45, 7) is 0. The van der Waals surface area contributed by atoms with Gasteiger partial charge in [0.25, 0.3) is 5.69 Å². The Kier molecular flexibility index (Phi) is 2.55. The summed E-state index contributed by atoms with van der Waals surface area (Å²) < 4.78 is 12.8. The first-order chi connectivity index (χ1) is 7.66. The SMILES string of the molecule is O=[N+]([O-])c1ccc(-c2cccc(F)n2)nc1. The Bertz CT molecular complexity index is 528. The second kappa shape index (κ2) is 4.01. The van der Waals surface area contributed by atoms with Gasteiger partial charge in [-0.05, 0) is 18.2 Å². The quantitative estimate of drug-likeness (QED) is 0.441. The summed E-state index contributed by atoms with van der Waals surface area (Å²) in [5, 5.41) is 10.4. The molecule has 6 heteroatoms. The van der Waals surface area contributed by atoms with E-state index in [9.17, 15) is 14.5 Å². The van der Waals surface area contributed by atoms with Crippen molar-refractivity contribution in [1.82, 2.24) is 9.97 Å². The van der Waals surface area contributed by atoms with Gasteiger partial charge < -0.3 is 0 Å². The number of hydrogen-bond acceptors (Lipinski definition) is 4. The van der Waals surface area contributed by atoms with Crippen LogP contribution in [0.3, 0.4) is 0 Å². The van der Waals surface area contributed by atoms with E-state index in [4.69, 9.17) is 0 Å². The van der Waals surface area contributed by atoms with Gasteiger partial charge in [0, 0.05) is 6.07 Å². The van der Waals surface area contributed by atoms with Crippen LogP contribution in [0.2, 0.25) is 0 Å². The predicted molar refractivity (Wildman–Crippen MR) is 54.1 cm³/mol. The molecule has 0 atom stereocenters. The maximum atomic E-state index is 12.8. The zero-order chi connectivity index (χ0) is 11.5. The molecule has 2 rings (SSSR count). The molecule has 2 heterocycles. The zero-order valence-electron chi connectivity index (χ0n) is 8.00. The van der Waals surface area contributed by atoms with Crippen LogP contribution in [0.15, 0.2) is 36.5 Å². The molecule has 0 amide bonds. The van der Waals surface area contributed by atoms with Gasteiger partial charge in [-0.2, -0.15) is 4.39 Å². The molecule has 0 saturated carbocycles. The summed E-state index contributed by atoms with van der Waals surface area (Å²) in [4.78, 5) is 17.3. The second-order valence-electron chi connectivity index (χ2n) is 3.00. The van der Waals surface area contributed by atoms with E-state index < -0.39 is 10.9 Å². The maximum absolute atomic E-state index is 12.8. The summed E-state index contributed by atoms with van der Waals surface area (Å²) in [6, 6.07) is 7.03. The molecule has 0 fully saturated rings. The Balaban J connectivity index is 2.38. The minimum atomic E-state index is -0.613. The molecule has 2 aromatic rings. The van der Waals surface area contributed by atoms with Crippen molar-refractivity contribution in [3.8, 4) is 11.4 Å². The molecule has 5 nitrogen and oxygen atoms in total. The van der Waals surface area contributed by atoms with Crippen molar-refractivity contribution in [3.63, 3.8) is 0 Å². The number of rotatable bonds is 2. The molecule has 80 valence electrons. The van der Waals surface area contributed by atoms with Crippen LogP contribution >= 0.6 is 0 Å². The van der Waals surface area contributed by atoms with Crippen LogP contribution in [-0.2, 0) is 0 Å². The standard InChI is InChI=1S/C10H6FN3O2/c11-10-3-1-2-9(13-10)8-5-4-7(6-12-8)14(15)16/h1-6H. The monoisotopic (exact) mass is 219 g/mol. The lowest BCUT2D eigenvalue weighted by Gasteiger charge is -1.98. The van der Waals surface area contributed by atoms with Gasteiger partial charge in [0.2, 0.25) is 5.95 Å². The molecule has 2 aromatic heterocycles. The number of pyridine rings is 2. The minimum absolute atomic E-state index is 0.111. The van der Waals surface area contributed by atoms with Gasteiger partial charge in [0.15, 0.2) is 0 Å². The average Bonchev–Trinajstić information content (AvgIpc) is 2.29. The minimum Gasteiger partial charge on any atom is -0.258 e. The number of halogens is 1. The molecule has 0 spiro atoms. The van der Waals surface area contributed by atoms with E-state index in [1.165, 1.54) is 24.3 Å². The summed E-state index contributed by atoms with van der Waals surface area (Å²) in [6.07, 6.45) is 1.11. The van der Waals surface area contributed by atoms with Crippen molar-refractivity contribution >= 4 is 5.69 Å². The highest BCUT2D eigenvalue weighted by molar-refractivity contribution is 5.54. The molecule has 0 aliphatic carbocycles. The van der Waals surface area contributed by atoms with Gasteiger partial charge >= 0.3 is 0 Å². The van der Waals surface area contributed by atoms with E-state index >= 15 is 0 Å². The summed E-state index contributed by atoms with van der Waals surface area (Å²) in [5.74, 6) is -0.613. The lowest BCUT2D eigenvalue weighted by Crippen LogP contribution is -1.92. The van der Waals surface area contributed by atoms with Crippen molar-refractivity contribution in [2.75, 3.05) is 0 Å². The highest BCUT2D eigenvalue weighted by Gasteiger charge is 2.07. The Morgan fingerprint density at radius 1 is 1.19 bits per heavy atom. The third-order valence-electron chi connectivity index (χ3n) is 1.94. The molecule has 0 unspecified atom stereocenters. The van der Waals surface area contributed by atoms with Gasteiger partial charge in [0.1, 0.15) is 6.20 Å². The van der Waals surface area contributed by atoms with Crippen LogP contribution in [0.1, 0.15) is 0 Å². The summed E-state index contributed by atoms with van der Waals surface area (Å²) >= 11 is 0. The average molecular weight is 219 g/mol. The first-order valence-corrected chi connectivity index (χ1v) is 4.40. The molecule has 0 radical (unpaired) electrons. The molecular formula is C10H6FN3O2. The van der Waals surface area contributed by atoms with E-state index in [1.807, 2.05) is 0 Å². The Morgan fingerprint density at radius 2 is 2.00 bits per heavy atom. The van der Waals surface area contributed by atoms with Crippen molar-refractivity contribution in [1.29, 1.82) is 0 Å². The number of aromatic nitrogens is 2. The number of hydrogen-bond donors (Lipinski definition) is 0. The molecule has 0 bridgehead atoms. The van der Waals surface area contributed by atoms with Crippen LogP contribution < -0.4 is 0 Å². The highest BCUT2D eigenvalue weighted by atomic mass is 19.1. The lowest BCUT2D eigenvalue weighted by molar-refractivity contribution is -0.385. The third kappa shape index (κ3) is 2.00. The molecular weight excluding hydrogens is 213 g/mol. The van der Waals surface area contributed by atoms with E-state index in [-0.39, 0.29) is 5.69 Å². The fourth-order valence-corrected chi connectivity index (χ4v) is 1.20. The first-order valence-electron chi connectivity index (χ1n) is 4.40. The van der Waals surface area contributed by atoms with E-state index in [0.717, 1.165) is 6.20 Å². The van der Waals surface area contributed by atoms with E-state index in [1.54, 1.807) is 6.07 Å². The Labute approximate surface area is 89.7 Å². The first kappa shape index (κ1) is 10.2. The van der Waals surface area contributed by atoms with Crippen molar-refractivity contribution < 1.29 is 9.31 Å². The predicted octanol–water partition coefficient (Wildman–Crippen LogP) is 2.19. The third-order valence-corrected chi connectivity index (χ3v) is 1.94. The van der Waals surface area contributed by atoms with Gasteiger partial charge in [-0.1, -0.05) is 6.07 Å². The Morgan fingerprint density at radius 3 is 2.56 bits per heavy atom. The smallest absolute Gasteiger partial charge is 0.258 e. The van der Waals surface area contributed by atoms with Crippen LogP contribution in [0.25, 0.3) is 11.4 Å². The second-order valence-corrected chi connectivity index (χ2v) is 3.00.